The van der Waals surface area contributed by atoms with Crippen molar-refractivity contribution in [1.29, 1.82) is 0 Å². The van der Waals surface area contributed by atoms with Crippen molar-refractivity contribution >= 4 is 0 Å². The highest BCUT2D eigenvalue weighted by molar-refractivity contribution is 5.23. The summed E-state index contributed by atoms with van der Waals surface area (Å²) in [6.45, 7) is 6.03. The van der Waals surface area contributed by atoms with Gasteiger partial charge < -0.3 is 5.32 Å². The van der Waals surface area contributed by atoms with E-state index in [2.05, 4.69) is 17.1 Å². The van der Waals surface area contributed by atoms with E-state index >= 15 is 0 Å². The molecule has 1 aliphatic heterocycles. The number of hydrogen-bond donors (Lipinski definition) is 1. The lowest BCUT2D eigenvalue weighted by atomic mass is 10.1. The van der Waals surface area contributed by atoms with Gasteiger partial charge in [0.1, 0.15) is 0 Å². The van der Waals surface area contributed by atoms with E-state index in [-0.39, 0.29) is 5.56 Å². The standard InChI is InChI=1S/C13H18F2N2/c1-10-8-16-6-7-17(10)9-11-2-4-12(5-3-11)13(14)15/h2-5,10,13,16H,6-9H2,1H3/t10-/m1/s1. The minimum atomic E-state index is -2.37. The van der Waals surface area contributed by atoms with Crippen LogP contribution in [0.5, 0.6) is 0 Å². The first kappa shape index (κ1) is 12.5. The van der Waals surface area contributed by atoms with Crippen LogP contribution in [0.2, 0.25) is 0 Å². The third-order valence-corrected chi connectivity index (χ3v) is 3.26. The molecule has 0 bridgehead atoms. The molecule has 0 saturated carbocycles. The first-order valence-electron chi connectivity index (χ1n) is 5.98. The first-order chi connectivity index (χ1) is 8.16. The molecule has 0 spiro atoms. The summed E-state index contributed by atoms with van der Waals surface area (Å²) in [7, 11) is 0. The minimum absolute atomic E-state index is 0.0992. The van der Waals surface area contributed by atoms with Gasteiger partial charge in [0, 0.05) is 37.8 Å². The van der Waals surface area contributed by atoms with Crippen molar-refractivity contribution in [3.05, 3.63) is 35.4 Å². The lowest BCUT2D eigenvalue weighted by Gasteiger charge is -2.33. The summed E-state index contributed by atoms with van der Waals surface area (Å²) in [5, 5.41) is 3.33. The van der Waals surface area contributed by atoms with E-state index in [9.17, 15) is 8.78 Å². The van der Waals surface area contributed by atoms with E-state index in [1.54, 1.807) is 12.1 Å². The van der Waals surface area contributed by atoms with Crippen molar-refractivity contribution in [2.45, 2.75) is 25.9 Å². The van der Waals surface area contributed by atoms with Crippen molar-refractivity contribution in [2.24, 2.45) is 0 Å². The molecular weight excluding hydrogens is 222 g/mol. The van der Waals surface area contributed by atoms with Crippen molar-refractivity contribution in [1.82, 2.24) is 10.2 Å². The molecule has 1 atom stereocenters. The third kappa shape index (κ3) is 3.23. The Kier molecular flexibility index (Phi) is 4.07. The second-order valence-electron chi connectivity index (χ2n) is 4.57. The smallest absolute Gasteiger partial charge is 0.263 e. The van der Waals surface area contributed by atoms with Gasteiger partial charge in [-0.15, -0.1) is 0 Å². The van der Waals surface area contributed by atoms with Crippen LogP contribution in [0.25, 0.3) is 0 Å². The maximum Gasteiger partial charge on any atom is 0.263 e. The van der Waals surface area contributed by atoms with Crippen molar-refractivity contribution in [3.8, 4) is 0 Å². The van der Waals surface area contributed by atoms with Gasteiger partial charge in [0.2, 0.25) is 0 Å². The highest BCUT2D eigenvalue weighted by Crippen LogP contribution is 2.19. The Labute approximate surface area is 101 Å². The highest BCUT2D eigenvalue weighted by atomic mass is 19.3. The van der Waals surface area contributed by atoms with Gasteiger partial charge in [-0.2, -0.15) is 0 Å². The molecule has 4 heteroatoms. The maximum absolute atomic E-state index is 12.4. The molecule has 1 heterocycles. The molecule has 1 saturated heterocycles. The zero-order chi connectivity index (χ0) is 12.3. The average molecular weight is 240 g/mol. The number of halogens is 2. The van der Waals surface area contributed by atoms with E-state index < -0.39 is 6.43 Å². The molecule has 1 aliphatic rings. The van der Waals surface area contributed by atoms with Gasteiger partial charge in [-0.25, -0.2) is 8.78 Å². The molecule has 0 radical (unpaired) electrons. The fraction of sp³-hybridized carbons (Fsp3) is 0.538. The van der Waals surface area contributed by atoms with Gasteiger partial charge in [0.25, 0.3) is 6.43 Å². The zero-order valence-corrected chi connectivity index (χ0v) is 10.00. The summed E-state index contributed by atoms with van der Waals surface area (Å²) in [5.41, 5.74) is 1.20. The highest BCUT2D eigenvalue weighted by Gasteiger charge is 2.17. The second-order valence-corrected chi connectivity index (χ2v) is 4.57. The zero-order valence-electron chi connectivity index (χ0n) is 10.00. The lowest BCUT2D eigenvalue weighted by Crippen LogP contribution is -2.49. The third-order valence-electron chi connectivity index (χ3n) is 3.26. The second kappa shape index (κ2) is 5.56. The Morgan fingerprint density at radius 3 is 2.65 bits per heavy atom. The number of nitrogens with one attached hydrogen (secondary N) is 1. The molecule has 0 aliphatic carbocycles. The number of piperazine rings is 1. The Balaban J connectivity index is 1.98. The van der Waals surface area contributed by atoms with Crippen molar-refractivity contribution in [3.63, 3.8) is 0 Å². The fourth-order valence-electron chi connectivity index (χ4n) is 2.12. The van der Waals surface area contributed by atoms with Crippen LogP contribution < -0.4 is 5.32 Å². The van der Waals surface area contributed by atoms with Gasteiger partial charge in [0.15, 0.2) is 0 Å². The molecule has 2 nitrogen and oxygen atoms in total. The predicted molar refractivity (Wildman–Crippen MR) is 64.1 cm³/mol. The first-order valence-corrected chi connectivity index (χ1v) is 5.98. The molecule has 0 aromatic heterocycles. The van der Waals surface area contributed by atoms with Crippen LogP contribution in [0.4, 0.5) is 8.78 Å². The molecule has 2 rings (SSSR count). The van der Waals surface area contributed by atoms with E-state index in [0.717, 1.165) is 31.7 Å². The number of benzene rings is 1. The largest absolute Gasteiger partial charge is 0.314 e. The van der Waals surface area contributed by atoms with Crippen LogP contribution in [0.3, 0.4) is 0 Å². The van der Waals surface area contributed by atoms with E-state index in [1.807, 2.05) is 0 Å². The molecule has 1 aromatic rings. The van der Waals surface area contributed by atoms with Crippen LogP contribution in [0.15, 0.2) is 24.3 Å². The molecule has 0 amide bonds. The summed E-state index contributed by atoms with van der Waals surface area (Å²) in [4.78, 5) is 2.37. The molecule has 1 N–H and O–H groups in total. The quantitative estimate of drug-likeness (QED) is 0.873. The SMILES string of the molecule is C[C@@H]1CNCCN1Cc1ccc(C(F)F)cc1. The van der Waals surface area contributed by atoms with Crippen LogP contribution >= 0.6 is 0 Å². The Morgan fingerprint density at radius 1 is 1.35 bits per heavy atom. The molecular formula is C13H18F2N2. The predicted octanol–water partition coefficient (Wildman–Crippen LogP) is 2.42. The van der Waals surface area contributed by atoms with Gasteiger partial charge in [-0.3, -0.25) is 4.90 Å². The summed E-state index contributed by atoms with van der Waals surface area (Å²) < 4.78 is 24.8. The van der Waals surface area contributed by atoms with Crippen molar-refractivity contribution in [2.75, 3.05) is 19.6 Å². The van der Waals surface area contributed by atoms with Crippen molar-refractivity contribution < 1.29 is 8.78 Å². The van der Waals surface area contributed by atoms with Gasteiger partial charge in [-0.1, -0.05) is 24.3 Å². The number of hydrogen-bond acceptors (Lipinski definition) is 2. The number of nitrogens with zero attached hydrogens (tertiary/aromatic N) is 1. The van der Waals surface area contributed by atoms with Crippen LogP contribution in [-0.2, 0) is 6.54 Å². The van der Waals surface area contributed by atoms with Gasteiger partial charge in [-0.05, 0) is 12.5 Å². The normalized spacial score (nSPS) is 22.0. The van der Waals surface area contributed by atoms with E-state index in [0.29, 0.717) is 6.04 Å². The Morgan fingerprint density at radius 2 is 2.06 bits per heavy atom. The van der Waals surface area contributed by atoms with E-state index in [4.69, 9.17) is 0 Å². The van der Waals surface area contributed by atoms with Crippen LogP contribution in [0.1, 0.15) is 24.5 Å². The molecule has 1 fully saturated rings. The topological polar surface area (TPSA) is 15.3 Å². The summed E-state index contributed by atoms with van der Waals surface area (Å²) in [5.74, 6) is 0. The average Bonchev–Trinajstić information content (AvgIpc) is 2.33. The maximum atomic E-state index is 12.4. The molecule has 1 aromatic carbocycles. The monoisotopic (exact) mass is 240 g/mol. The van der Waals surface area contributed by atoms with Crippen LogP contribution in [0, 0.1) is 0 Å². The summed E-state index contributed by atoms with van der Waals surface area (Å²) >= 11 is 0. The number of rotatable bonds is 3. The summed E-state index contributed by atoms with van der Waals surface area (Å²) in [6, 6.07) is 7.14. The minimum Gasteiger partial charge on any atom is -0.314 e. The lowest BCUT2D eigenvalue weighted by molar-refractivity contribution is 0.151. The Bertz CT molecular complexity index is 351. The van der Waals surface area contributed by atoms with Gasteiger partial charge in [0.05, 0.1) is 0 Å². The number of alkyl halides is 2. The Hall–Kier alpha value is -1.00. The summed E-state index contributed by atoms with van der Waals surface area (Å²) in [6.07, 6.45) is -2.37. The molecule has 94 valence electrons. The molecule has 17 heavy (non-hydrogen) atoms. The molecule has 0 unspecified atom stereocenters. The van der Waals surface area contributed by atoms with Gasteiger partial charge >= 0.3 is 0 Å². The fourth-order valence-corrected chi connectivity index (χ4v) is 2.12. The van der Waals surface area contributed by atoms with Crippen LogP contribution in [-0.4, -0.2) is 30.6 Å². The van der Waals surface area contributed by atoms with E-state index in [1.165, 1.54) is 12.1 Å².